The second-order valence-electron chi connectivity index (χ2n) is 3.45. The van der Waals surface area contributed by atoms with Crippen molar-refractivity contribution >= 4 is 12.0 Å². The van der Waals surface area contributed by atoms with Crippen LogP contribution >= 0.6 is 0 Å². The summed E-state index contributed by atoms with van der Waals surface area (Å²) in [5.41, 5.74) is -0.147. The molecule has 0 atom stereocenters. The van der Waals surface area contributed by atoms with E-state index in [1.807, 2.05) is 19.1 Å². The number of carbonyl (C=O) groups excluding carboxylic acids is 1. The molecule has 0 aromatic heterocycles. The summed E-state index contributed by atoms with van der Waals surface area (Å²) in [5.74, 6) is -2.05. The molecular formula is C14H13F2NO. The minimum absolute atomic E-state index is 0.147. The number of hydrogen-bond donors (Lipinski definition) is 0. The van der Waals surface area contributed by atoms with Gasteiger partial charge < -0.3 is 0 Å². The fourth-order valence-electron chi connectivity index (χ4n) is 1.22. The predicted octanol–water partition coefficient (Wildman–Crippen LogP) is 3.35. The molecule has 0 fully saturated rings. The highest BCUT2D eigenvalue weighted by molar-refractivity contribution is 5.98. The van der Waals surface area contributed by atoms with Crippen molar-refractivity contribution in [3.63, 3.8) is 0 Å². The van der Waals surface area contributed by atoms with Gasteiger partial charge in [-0.15, -0.1) is 0 Å². The van der Waals surface area contributed by atoms with Gasteiger partial charge in [0.25, 0.3) is 0 Å². The molecule has 0 saturated heterocycles. The van der Waals surface area contributed by atoms with Crippen LogP contribution in [0, 0.1) is 11.6 Å². The largest absolute Gasteiger partial charge is 0.292 e. The number of nitrogens with zero attached hydrogens (tertiary/aromatic N) is 1. The minimum atomic E-state index is -0.861. The Morgan fingerprint density at radius 3 is 2.72 bits per heavy atom. The van der Waals surface area contributed by atoms with Crippen LogP contribution in [-0.2, 0) is 0 Å². The molecule has 0 aliphatic heterocycles. The Morgan fingerprint density at radius 1 is 1.28 bits per heavy atom. The number of ketones is 1. The zero-order valence-electron chi connectivity index (χ0n) is 9.94. The van der Waals surface area contributed by atoms with E-state index in [0.29, 0.717) is 6.07 Å². The van der Waals surface area contributed by atoms with Crippen molar-refractivity contribution in [3.8, 4) is 0 Å². The number of rotatable bonds is 5. The van der Waals surface area contributed by atoms with Crippen LogP contribution in [0.5, 0.6) is 0 Å². The lowest BCUT2D eigenvalue weighted by Gasteiger charge is -1.99. The Morgan fingerprint density at radius 2 is 2.06 bits per heavy atom. The Hall–Kier alpha value is -2.10. The molecule has 0 aliphatic rings. The molecule has 0 spiro atoms. The molecule has 0 radical (unpaired) electrons. The van der Waals surface area contributed by atoms with Crippen molar-refractivity contribution < 1.29 is 13.6 Å². The van der Waals surface area contributed by atoms with Gasteiger partial charge in [-0.05, 0) is 25.1 Å². The summed E-state index contributed by atoms with van der Waals surface area (Å²) in [5, 5.41) is 0. The van der Waals surface area contributed by atoms with Gasteiger partial charge >= 0.3 is 0 Å². The Kier molecular flexibility index (Phi) is 5.64. The van der Waals surface area contributed by atoms with Gasteiger partial charge in [0.1, 0.15) is 18.2 Å². The van der Waals surface area contributed by atoms with Gasteiger partial charge in [-0.3, -0.25) is 9.79 Å². The summed E-state index contributed by atoms with van der Waals surface area (Å²) in [7, 11) is 0. The lowest BCUT2D eigenvalue weighted by molar-refractivity contribution is 0.0998. The van der Waals surface area contributed by atoms with E-state index < -0.39 is 17.4 Å². The summed E-state index contributed by atoms with van der Waals surface area (Å²) in [4.78, 5) is 15.4. The van der Waals surface area contributed by atoms with Gasteiger partial charge in [-0.2, -0.15) is 0 Å². The maximum atomic E-state index is 13.2. The predicted molar refractivity (Wildman–Crippen MR) is 68.0 cm³/mol. The highest BCUT2D eigenvalue weighted by Gasteiger charge is 2.11. The van der Waals surface area contributed by atoms with Gasteiger partial charge in [-0.25, -0.2) is 8.78 Å². The molecule has 0 saturated carbocycles. The van der Waals surface area contributed by atoms with E-state index in [0.717, 1.165) is 12.1 Å². The summed E-state index contributed by atoms with van der Waals surface area (Å²) in [6, 6.07) is 2.85. The van der Waals surface area contributed by atoms with E-state index in [4.69, 9.17) is 0 Å². The molecule has 0 aliphatic carbocycles. The van der Waals surface area contributed by atoms with E-state index in [1.165, 1.54) is 6.21 Å². The summed E-state index contributed by atoms with van der Waals surface area (Å²) in [6.07, 6.45) is 8.54. The SMILES string of the molecule is C\C=C/C=C\C=N\CC(=O)c1ccc(F)cc1F. The molecule has 1 aromatic carbocycles. The van der Waals surface area contributed by atoms with Crippen molar-refractivity contribution in [3.05, 3.63) is 59.7 Å². The number of hydrogen-bond acceptors (Lipinski definition) is 2. The Bertz CT molecular complexity index is 505. The highest BCUT2D eigenvalue weighted by atomic mass is 19.1. The first-order valence-corrected chi connectivity index (χ1v) is 5.41. The molecule has 18 heavy (non-hydrogen) atoms. The van der Waals surface area contributed by atoms with Crippen molar-refractivity contribution in [2.24, 2.45) is 4.99 Å². The smallest absolute Gasteiger partial charge is 0.187 e. The first kappa shape index (κ1) is 14.0. The maximum Gasteiger partial charge on any atom is 0.187 e. The topological polar surface area (TPSA) is 29.4 Å². The van der Waals surface area contributed by atoms with E-state index in [9.17, 15) is 13.6 Å². The lowest BCUT2D eigenvalue weighted by Crippen LogP contribution is -2.06. The fourth-order valence-corrected chi connectivity index (χ4v) is 1.22. The van der Waals surface area contributed by atoms with Crippen molar-refractivity contribution in [2.45, 2.75) is 6.92 Å². The van der Waals surface area contributed by atoms with Gasteiger partial charge in [0.05, 0.1) is 5.56 Å². The molecule has 94 valence electrons. The summed E-state index contributed by atoms with van der Waals surface area (Å²) >= 11 is 0. The number of benzene rings is 1. The normalized spacial score (nSPS) is 11.9. The highest BCUT2D eigenvalue weighted by Crippen LogP contribution is 2.10. The van der Waals surface area contributed by atoms with Crippen molar-refractivity contribution in [1.82, 2.24) is 0 Å². The third kappa shape index (κ3) is 4.41. The third-order valence-electron chi connectivity index (χ3n) is 2.07. The third-order valence-corrected chi connectivity index (χ3v) is 2.07. The van der Waals surface area contributed by atoms with Crippen LogP contribution in [0.15, 0.2) is 47.5 Å². The molecule has 0 bridgehead atoms. The van der Waals surface area contributed by atoms with Crippen LogP contribution in [0.25, 0.3) is 0 Å². The summed E-state index contributed by atoms with van der Waals surface area (Å²) in [6.45, 7) is 1.71. The van der Waals surface area contributed by atoms with Crippen LogP contribution in [-0.4, -0.2) is 18.5 Å². The van der Waals surface area contributed by atoms with Gasteiger partial charge in [0.2, 0.25) is 0 Å². The van der Waals surface area contributed by atoms with E-state index in [2.05, 4.69) is 4.99 Å². The molecule has 0 heterocycles. The zero-order chi connectivity index (χ0) is 13.4. The first-order valence-electron chi connectivity index (χ1n) is 5.41. The monoisotopic (exact) mass is 249 g/mol. The van der Waals surface area contributed by atoms with Crippen LogP contribution in [0.1, 0.15) is 17.3 Å². The molecule has 0 N–H and O–H groups in total. The molecule has 1 rings (SSSR count). The second kappa shape index (κ2) is 7.27. The Balaban J connectivity index is 2.60. The van der Waals surface area contributed by atoms with Crippen LogP contribution in [0.4, 0.5) is 8.78 Å². The zero-order valence-corrected chi connectivity index (χ0v) is 9.94. The van der Waals surface area contributed by atoms with Crippen molar-refractivity contribution in [1.29, 1.82) is 0 Å². The van der Waals surface area contributed by atoms with Crippen LogP contribution in [0.2, 0.25) is 0 Å². The molecular weight excluding hydrogens is 236 g/mol. The molecule has 0 amide bonds. The average molecular weight is 249 g/mol. The number of Topliss-reactive ketones (excluding diaryl/α,β-unsaturated/α-hetero) is 1. The maximum absolute atomic E-state index is 13.2. The Labute approximate surface area is 104 Å². The van der Waals surface area contributed by atoms with Crippen molar-refractivity contribution in [2.75, 3.05) is 6.54 Å². The number of halogens is 2. The molecule has 4 heteroatoms. The quantitative estimate of drug-likeness (QED) is 0.447. The number of carbonyl (C=O) groups is 1. The van der Waals surface area contributed by atoms with E-state index in [-0.39, 0.29) is 12.1 Å². The first-order chi connectivity index (χ1) is 8.65. The van der Waals surface area contributed by atoms with E-state index >= 15 is 0 Å². The average Bonchev–Trinajstić information content (AvgIpc) is 2.33. The lowest BCUT2D eigenvalue weighted by atomic mass is 10.1. The van der Waals surface area contributed by atoms with Crippen LogP contribution < -0.4 is 0 Å². The van der Waals surface area contributed by atoms with Crippen LogP contribution in [0.3, 0.4) is 0 Å². The number of aliphatic imine (C=N–C) groups is 1. The molecule has 2 nitrogen and oxygen atoms in total. The fraction of sp³-hybridized carbons (Fsp3) is 0.143. The van der Waals surface area contributed by atoms with Gasteiger partial charge in [0, 0.05) is 12.3 Å². The molecule has 0 unspecified atom stereocenters. The minimum Gasteiger partial charge on any atom is -0.292 e. The second-order valence-corrected chi connectivity index (χ2v) is 3.45. The number of allylic oxidation sites excluding steroid dienone is 4. The molecule has 1 aromatic rings. The van der Waals surface area contributed by atoms with Gasteiger partial charge in [0.15, 0.2) is 5.78 Å². The van der Waals surface area contributed by atoms with Gasteiger partial charge in [-0.1, -0.05) is 18.2 Å². The summed E-state index contributed by atoms with van der Waals surface area (Å²) < 4.78 is 25.9. The standard InChI is InChI=1S/C14H13F2NO/c1-2-3-4-5-8-17-10-14(18)12-7-6-11(15)9-13(12)16/h2-9H,10H2,1H3/b3-2-,5-4-,17-8+. The van der Waals surface area contributed by atoms with E-state index in [1.54, 1.807) is 12.2 Å².